The van der Waals surface area contributed by atoms with Gasteiger partial charge in [0.25, 0.3) is 0 Å². The summed E-state index contributed by atoms with van der Waals surface area (Å²) in [6.45, 7) is 3.15. The summed E-state index contributed by atoms with van der Waals surface area (Å²) >= 11 is 0. The number of aliphatic imine (C=N–C) groups is 1. The highest BCUT2D eigenvalue weighted by molar-refractivity contribution is 5.82. The fraction of sp³-hybridized carbons (Fsp3) is 0.188. The quantitative estimate of drug-likeness (QED) is 0.738. The zero-order chi connectivity index (χ0) is 12.8. The van der Waals surface area contributed by atoms with Crippen molar-refractivity contribution >= 4 is 17.6 Å². The van der Waals surface area contributed by atoms with Crippen LogP contribution in [0.15, 0.2) is 59.6 Å². The lowest BCUT2D eigenvalue weighted by Gasteiger charge is -2.16. The van der Waals surface area contributed by atoms with Gasteiger partial charge >= 0.3 is 0 Å². The van der Waals surface area contributed by atoms with Crippen molar-refractivity contribution in [3.8, 4) is 0 Å². The second-order valence-corrected chi connectivity index (χ2v) is 4.20. The van der Waals surface area contributed by atoms with Crippen LogP contribution in [-0.4, -0.2) is 19.8 Å². The van der Waals surface area contributed by atoms with E-state index in [9.17, 15) is 0 Å². The molecule has 0 amide bonds. The third-order valence-corrected chi connectivity index (χ3v) is 2.93. The number of anilines is 1. The number of hydrogen-bond acceptors (Lipinski definition) is 2. The Hall–Kier alpha value is -2.09. The standard InChI is InChI=1S/C16H18N2/c1-3-18(2)16-11-9-14(10-12-16)13-17-15-7-5-4-6-8-15/h4-13H,3H2,1-2H3. The summed E-state index contributed by atoms with van der Waals surface area (Å²) < 4.78 is 0. The van der Waals surface area contributed by atoms with Gasteiger partial charge in [-0.3, -0.25) is 4.99 Å². The van der Waals surface area contributed by atoms with Crippen LogP contribution < -0.4 is 4.90 Å². The van der Waals surface area contributed by atoms with Crippen molar-refractivity contribution in [2.24, 2.45) is 4.99 Å². The van der Waals surface area contributed by atoms with Crippen LogP contribution in [0.5, 0.6) is 0 Å². The number of rotatable bonds is 4. The molecule has 0 fully saturated rings. The summed E-state index contributed by atoms with van der Waals surface area (Å²) in [5.74, 6) is 0. The van der Waals surface area contributed by atoms with Gasteiger partial charge in [0.1, 0.15) is 0 Å². The molecular weight excluding hydrogens is 220 g/mol. The van der Waals surface area contributed by atoms with Crippen molar-refractivity contribution in [2.75, 3.05) is 18.5 Å². The van der Waals surface area contributed by atoms with Crippen LogP contribution in [0.4, 0.5) is 11.4 Å². The topological polar surface area (TPSA) is 15.6 Å². The van der Waals surface area contributed by atoms with Crippen molar-refractivity contribution in [1.29, 1.82) is 0 Å². The van der Waals surface area contributed by atoms with E-state index in [2.05, 4.69) is 48.1 Å². The molecule has 2 heteroatoms. The summed E-state index contributed by atoms with van der Waals surface area (Å²) in [4.78, 5) is 6.64. The summed E-state index contributed by atoms with van der Waals surface area (Å²) in [7, 11) is 2.09. The molecule has 0 aliphatic carbocycles. The first-order valence-corrected chi connectivity index (χ1v) is 6.20. The molecule has 2 aromatic carbocycles. The molecule has 0 atom stereocenters. The van der Waals surface area contributed by atoms with Gasteiger partial charge in [0, 0.05) is 25.5 Å². The molecule has 0 saturated heterocycles. The van der Waals surface area contributed by atoms with Crippen LogP contribution in [0.1, 0.15) is 12.5 Å². The SMILES string of the molecule is CCN(C)c1ccc(C=Nc2ccccc2)cc1. The Labute approximate surface area is 109 Å². The van der Waals surface area contributed by atoms with Gasteiger partial charge in [-0.15, -0.1) is 0 Å². The largest absolute Gasteiger partial charge is 0.375 e. The molecule has 0 aliphatic rings. The average Bonchev–Trinajstić information content (AvgIpc) is 2.46. The Kier molecular flexibility index (Phi) is 4.13. The molecule has 92 valence electrons. The fourth-order valence-electron chi connectivity index (χ4n) is 1.66. The maximum Gasteiger partial charge on any atom is 0.0629 e. The molecule has 2 aromatic rings. The minimum atomic E-state index is 0.979. The number of para-hydroxylation sites is 1. The average molecular weight is 238 g/mol. The lowest BCUT2D eigenvalue weighted by molar-refractivity contribution is 0.968. The van der Waals surface area contributed by atoms with Crippen molar-refractivity contribution in [2.45, 2.75) is 6.92 Å². The first-order chi connectivity index (χ1) is 8.79. The number of nitrogens with zero attached hydrogens (tertiary/aromatic N) is 2. The Morgan fingerprint density at radius 3 is 2.28 bits per heavy atom. The minimum absolute atomic E-state index is 0.979. The third-order valence-electron chi connectivity index (χ3n) is 2.93. The molecule has 0 radical (unpaired) electrons. The summed E-state index contributed by atoms with van der Waals surface area (Å²) in [6.07, 6.45) is 1.89. The third kappa shape index (κ3) is 3.20. The van der Waals surface area contributed by atoms with Crippen LogP contribution in [0, 0.1) is 0 Å². The van der Waals surface area contributed by atoms with Gasteiger partial charge in [-0.1, -0.05) is 30.3 Å². The number of benzene rings is 2. The highest BCUT2D eigenvalue weighted by Crippen LogP contribution is 2.14. The first kappa shape index (κ1) is 12.4. The predicted molar refractivity (Wildman–Crippen MR) is 79.1 cm³/mol. The van der Waals surface area contributed by atoms with Gasteiger partial charge in [-0.05, 0) is 36.8 Å². The van der Waals surface area contributed by atoms with Crippen molar-refractivity contribution in [1.82, 2.24) is 0 Å². The lowest BCUT2D eigenvalue weighted by atomic mass is 10.2. The molecule has 0 saturated carbocycles. The molecule has 18 heavy (non-hydrogen) atoms. The molecule has 0 bridgehead atoms. The summed E-state index contributed by atoms with van der Waals surface area (Å²) in [5.41, 5.74) is 3.33. The van der Waals surface area contributed by atoms with Crippen LogP contribution in [0.3, 0.4) is 0 Å². The zero-order valence-corrected chi connectivity index (χ0v) is 10.9. The highest BCUT2D eigenvalue weighted by atomic mass is 15.1. The van der Waals surface area contributed by atoms with E-state index < -0.39 is 0 Å². The van der Waals surface area contributed by atoms with Gasteiger partial charge in [0.05, 0.1) is 5.69 Å². The minimum Gasteiger partial charge on any atom is -0.375 e. The van der Waals surface area contributed by atoms with Gasteiger partial charge < -0.3 is 4.90 Å². The normalized spacial score (nSPS) is 10.8. The highest BCUT2D eigenvalue weighted by Gasteiger charge is 1.96. The summed E-state index contributed by atoms with van der Waals surface area (Å²) in [6, 6.07) is 18.4. The Morgan fingerprint density at radius 2 is 1.67 bits per heavy atom. The van der Waals surface area contributed by atoms with E-state index in [1.165, 1.54) is 5.69 Å². The molecule has 0 heterocycles. The van der Waals surface area contributed by atoms with E-state index in [1.807, 2.05) is 36.5 Å². The molecular formula is C16H18N2. The monoisotopic (exact) mass is 238 g/mol. The van der Waals surface area contributed by atoms with Crippen LogP contribution >= 0.6 is 0 Å². The molecule has 0 unspecified atom stereocenters. The van der Waals surface area contributed by atoms with Gasteiger partial charge in [-0.2, -0.15) is 0 Å². The fourth-order valence-corrected chi connectivity index (χ4v) is 1.66. The molecule has 2 nitrogen and oxygen atoms in total. The molecule has 0 aliphatic heterocycles. The predicted octanol–water partition coefficient (Wildman–Crippen LogP) is 3.89. The Morgan fingerprint density at radius 1 is 1.00 bits per heavy atom. The van der Waals surface area contributed by atoms with Crippen LogP contribution in [0.25, 0.3) is 0 Å². The maximum absolute atomic E-state index is 4.43. The maximum atomic E-state index is 4.43. The van der Waals surface area contributed by atoms with E-state index >= 15 is 0 Å². The van der Waals surface area contributed by atoms with Crippen molar-refractivity contribution in [3.63, 3.8) is 0 Å². The van der Waals surface area contributed by atoms with E-state index in [-0.39, 0.29) is 0 Å². The smallest absolute Gasteiger partial charge is 0.0629 e. The first-order valence-electron chi connectivity index (χ1n) is 6.20. The summed E-state index contributed by atoms with van der Waals surface area (Å²) in [5, 5.41) is 0. The lowest BCUT2D eigenvalue weighted by Crippen LogP contribution is -2.15. The van der Waals surface area contributed by atoms with Crippen molar-refractivity contribution < 1.29 is 0 Å². The molecule has 0 spiro atoms. The van der Waals surface area contributed by atoms with Gasteiger partial charge in [-0.25, -0.2) is 0 Å². The van der Waals surface area contributed by atoms with Crippen LogP contribution in [0.2, 0.25) is 0 Å². The van der Waals surface area contributed by atoms with Gasteiger partial charge in [0.15, 0.2) is 0 Å². The second kappa shape index (κ2) is 6.01. The molecule has 0 aromatic heterocycles. The van der Waals surface area contributed by atoms with E-state index in [0.717, 1.165) is 17.8 Å². The Balaban J connectivity index is 2.09. The van der Waals surface area contributed by atoms with E-state index in [1.54, 1.807) is 0 Å². The molecule has 0 N–H and O–H groups in total. The van der Waals surface area contributed by atoms with E-state index in [0.29, 0.717) is 0 Å². The van der Waals surface area contributed by atoms with Gasteiger partial charge in [0.2, 0.25) is 0 Å². The van der Waals surface area contributed by atoms with E-state index in [4.69, 9.17) is 0 Å². The van der Waals surface area contributed by atoms with Crippen LogP contribution in [-0.2, 0) is 0 Å². The number of hydrogen-bond donors (Lipinski definition) is 0. The Bertz CT molecular complexity index is 500. The molecule has 2 rings (SSSR count). The second-order valence-electron chi connectivity index (χ2n) is 4.20. The zero-order valence-electron chi connectivity index (χ0n) is 10.9. The van der Waals surface area contributed by atoms with Crippen molar-refractivity contribution in [3.05, 3.63) is 60.2 Å².